The van der Waals surface area contributed by atoms with E-state index in [1.54, 1.807) is 18.2 Å². The summed E-state index contributed by atoms with van der Waals surface area (Å²) in [7, 11) is -0.741. The van der Waals surface area contributed by atoms with Gasteiger partial charge in [-0.05, 0) is 37.5 Å². The largest absolute Gasteiger partial charge is 0.358 e. The van der Waals surface area contributed by atoms with Gasteiger partial charge in [0.2, 0.25) is 21.8 Å². The highest BCUT2D eigenvalue weighted by atomic mass is 32.2. The SMILES string of the molecule is C=CCNC(=O)CN1C(=O)[C@@H]2CCCCN2c2ccc(S(=O)(=O)N(C)C)cc21. The Hall–Kier alpha value is -2.39. The van der Waals surface area contributed by atoms with Gasteiger partial charge >= 0.3 is 0 Å². The molecule has 0 unspecified atom stereocenters. The number of benzene rings is 1. The van der Waals surface area contributed by atoms with Crippen LogP contribution in [0.2, 0.25) is 0 Å². The van der Waals surface area contributed by atoms with E-state index in [1.807, 2.05) is 4.90 Å². The van der Waals surface area contributed by atoms with Gasteiger partial charge in [0, 0.05) is 27.2 Å². The Bertz CT molecular complexity index is 897. The predicted molar refractivity (Wildman–Crippen MR) is 108 cm³/mol. The number of carbonyl (C=O) groups is 2. The lowest BCUT2D eigenvalue weighted by atomic mass is 9.96. The lowest BCUT2D eigenvalue weighted by molar-refractivity contribution is -0.124. The summed E-state index contributed by atoms with van der Waals surface area (Å²) >= 11 is 0. The minimum absolute atomic E-state index is 0.0935. The second-order valence-corrected chi connectivity index (χ2v) is 9.31. The van der Waals surface area contributed by atoms with E-state index in [9.17, 15) is 18.0 Å². The first-order valence-electron chi connectivity index (χ1n) is 9.29. The molecular formula is C19H26N4O4S. The molecule has 2 aliphatic heterocycles. The molecule has 0 aromatic heterocycles. The second kappa shape index (κ2) is 7.92. The van der Waals surface area contributed by atoms with Crippen LogP contribution in [0, 0.1) is 0 Å². The highest BCUT2D eigenvalue weighted by molar-refractivity contribution is 7.89. The molecule has 1 saturated heterocycles. The highest BCUT2D eigenvalue weighted by Crippen LogP contribution is 2.40. The molecule has 2 aliphatic rings. The van der Waals surface area contributed by atoms with Crippen molar-refractivity contribution in [3.8, 4) is 0 Å². The van der Waals surface area contributed by atoms with Crippen LogP contribution in [0.15, 0.2) is 35.7 Å². The molecule has 0 bridgehead atoms. The first-order chi connectivity index (χ1) is 13.3. The number of hydrogen-bond donors (Lipinski definition) is 1. The first kappa shape index (κ1) is 20.3. The van der Waals surface area contributed by atoms with E-state index in [-0.39, 0.29) is 29.3 Å². The molecule has 1 atom stereocenters. The van der Waals surface area contributed by atoms with Crippen molar-refractivity contribution < 1.29 is 18.0 Å². The van der Waals surface area contributed by atoms with Gasteiger partial charge in [-0.25, -0.2) is 12.7 Å². The summed E-state index contributed by atoms with van der Waals surface area (Å²) < 4.78 is 26.3. The third kappa shape index (κ3) is 3.64. The average Bonchev–Trinajstić information content (AvgIpc) is 2.69. The second-order valence-electron chi connectivity index (χ2n) is 7.16. The van der Waals surface area contributed by atoms with Crippen molar-refractivity contribution in [3.63, 3.8) is 0 Å². The Kier molecular flexibility index (Phi) is 5.76. The Morgan fingerprint density at radius 3 is 2.75 bits per heavy atom. The average molecular weight is 407 g/mol. The zero-order valence-electron chi connectivity index (χ0n) is 16.2. The van der Waals surface area contributed by atoms with Crippen LogP contribution < -0.4 is 15.1 Å². The molecule has 3 rings (SSSR count). The quantitative estimate of drug-likeness (QED) is 0.711. The molecular weight excluding hydrogens is 380 g/mol. The van der Waals surface area contributed by atoms with E-state index < -0.39 is 10.0 Å². The number of piperidine rings is 1. The molecule has 9 heteroatoms. The van der Waals surface area contributed by atoms with E-state index in [0.29, 0.717) is 12.2 Å². The maximum Gasteiger partial charge on any atom is 0.250 e. The minimum Gasteiger partial charge on any atom is -0.358 e. The number of nitrogens with zero attached hydrogens (tertiary/aromatic N) is 3. The summed E-state index contributed by atoms with van der Waals surface area (Å²) in [5.41, 5.74) is 1.25. The maximum absolute atomic E-state index is 13.2. The third-order valence-corrected chi connectivity index (χ3v) is 6.94. The number of amides is 2. The zero-order valence-corrected chi connectivity index (χ0v) is 17.0. The predicted octanol–water partition coefficient (Wildman–Crippen LogP) is 0.945. The Balaban J connectivity index is 2.06. The molecule has 1 N–H and O–H groups in total. The molecule has 0 aliphatic carbocycles. The number of nitrogens with one attached hydrogen (secondary N) is 1. The van der Waals surface area contributed by atoms with Crippen LogP contribution in [0.25, 0.3) is 0 Å². The minimum atomic E-state index is -3.66. The fraction of sp³-hybridized carbons (Fsp3) is 0.474. The number of rotatable bonds is 6. The molecule has 1 fully saturated rings. The van der Waals surface area contributed by atoms with Gasteiger partial charge in [-0.15, -0.1) is 6.58 Å². The molecule has 1 aromatic carbocycles. The van der Waals surface area contributed by atoms with Gasteiger partial charge in [0.05, 0.1) is 16.3 Å². The molecule has 0 saturated carbocycles. The fourth-order valence-corrected chi connectivity index (χ4v) is 4.58. The summed E-state index contributed by atoms with van der Waals surface area (Å²) in [5, 5.41) is 2.68. The summed E-state index contributed by atoms with van der Waals surface area (Å²) in [5.74, 6) is -0.482. The van der Waals surface area contributed by atoms with Crippen LogP contribution in [-0.4, -0.2) is 64.3 Å². The summed E-state index contributed by atoms with van der Waals surface area (Å²) in [6, 6.07) is 4.48. The standard InChI is InChI=1S/C19H26N4O4S/c1-4-10-20-18(24)13-23-17-12-14(28(26,27)21(2)3)8-9-15(17)22-11-6-5-7-16(22)19(23)25/h4,8-9,12,16H,1,5-7,10-11,13H2,2-3H3,(H,20,24)/t16-/m0/s1. The van der Waals surface area contributed by atoms with E-state index in [0.717, 1.165) is 35.8 Å². The van der Waals surface area contributed by atoms with Gasteiger partial charge in [-0.2, -0.15) is 0 Å². The molecule has 28 heavy (non-hydrogen) atoms. The first-order valence-corrected chi connectivity index (χ1v) is 10.7. The fourth-order valence-electron chi connectivity index (χ4n) is 3.66. The maximum atomic E-state index is 13.2. The molecule has 2 heterocycles. The van der Waals surface area contributed by atoms with E-state index in [4.69, 9.17) is 0 Å². The number of carbonyl (C=O) groups excluding carboxylic acids is 2. The normalized spacial score (nSPS) is 19.2. The third-order valence-electron chi connectivity index (χ3n) is 5.12. The van der Waals surface area contributed by atoms with Gasteiger partial charge < -0.3 is 10.2 Å². The lowest BCUT2D eigenvalue weighted by Crippen LogP contribution is -2.57. The van der Waals surface area contributed by atoms with Crippen LogP contribution in [0.5, 0.6) is 0 Å². The van der Waals surface area contributed by atoms with Crippen molar-refractivity contribution in [2.24, 2.45) is 0 Å². The van der Waals surface area contributed by atoms with Crippen LogP contribution >= 0.6 is 0 Å². The molecule has 1 aromatic rings. The number of anilines is 2. The Labute approximate surface area is 165 Å². The molecule has 152 valence electrons. The van der Waals surface area contributed by atoms with E-state index >= 15 is 0 Å². The number of hydrogen-bond acceptors (Lipinski definition) is 5. The molecule has 2 amide bonds. The highest BCUT2D eigenvalue weighted by Gasteiger charge is 2.40. The van der Waals surface area contributed by atoms with Crippen molar-refractivity contribution in [2.45, 2.75) is 30.2 Å². The number of fused-ring (bicyclic) bond motifs is 3. The van der Waals surface area contributed by atoms with E-state index in [2.05, 4.69) is 11.9 Å². The lowest BCUT2D eigenvalue weighted by Gasteiger charge is -2.45. The van der Waals surface area contributed by atoms with Crippen LogP contribution in [0.3, 0.4) is 0 Å². The smallest absolute Gasteiger partial charge is 0.250 e. The van der Waals surface area contributed by atoms with Crippen LogP contribution in [0.1, 0.15) is 19.3 Å². The van der Waals surface area contributed by atoms with Crippen molar-refractivity contribution in [1.82, 2.24) is 9.62 Å². The number of sulfonamides is 1. The van der Waals surface area contributed by atoms with Crippen LogP contribution in [0.4, 0.5) is 11.4 Å². The van der Waals surface area contributed by atoms with Crippen LogP contribution in [-0.2, 0) is 19.6 Å². The van der Waals surface area contributed by atoms with Gasteiger partial charge in [-0.3, -0.25) is 14.5 Å². The van der Waals surface area contributed by atoms with Crippen molar-refractivity contribution in [2.75, 3.05) is 43.5 Å². The molecule has 8 nitrogen and oxygen atoms in total. The zero-order chi connectivity index (χ0) is 20.5. The Morgan fingerprint density at radius 2 is 2.07 bits per heavy atom. The van der Waals surface area contributed by atoms with Gasteiger partial charge in [0.15, 0.2) is 0 Å². The van der Waals surface area contributed by atoms with Gasteiger partial charge in [-0.1, -0.05) is 6.08 Å². The topological polar surface area (TPSA) is 90.0 Å². The Morgan fingerprint density at radius 1 is 1.32 bits per heavy atom. The van der Waals surface area contributed by atoms with Gasteiger partial charge in [0.1, 0.15) is 12.6 Å². The summed E-state index contributed by atoms with van der Waals surface area (Å²) in [4.78, 5) is 29.0. The van der Waals surface area contributed by atoms with Crippen molar-refractivity contribution in [1.29, 1.82) is 0 Å². The monoisotopic (exact) mass is 406 g/mol. The van der Waals surface area contributed by atoms with Crippen molar-refractivity contribution in [3.05, 3.63) is 30.9 Å². The summed E-state index contributed by atoms with van der Waals surface area (Å²) in [6.07, 6.45) is 4.21. The molecule has 0 spiro atoms. The summed E-state index contributed by atoms with van der Waals surface area (Å²) in [6.45, 7) is 4.45. The van der Waals surface area contributed by atoms with E-state index in [1.165, 1.54) is 25.1 Å². The van der Waals surface area contributed by atoms with Gasteiger partial charge in [0.25, 0.3) is 0 Å². The molecule has 0 radical (unpaired) electrons. The van der Waals surface area contributed by atoms with Crippen molar-refractivity contribution >= 4 is 33.2 Å².